The molecule has 0 aliphatic carbocycles. The fraction of sp³-hybridized carbons (Fsp3) is 0.448. The average Bonchev–Trinajstić information content (AvgIpc) is 3.22. The lowest BCUT2D eigenvalue weighted by molar-refractivity contribution is -0.153. The summed E-state index contributed by atoms with van der Waals surface area (Å²) >= 11 is 1.19. The Morgan fingerprint density at radius 2 is 1.76 bits per heavy atom. The maximum Gasteiger partial charge on any atom is 0.422 e. The van der Waals surface area contributed by atoms with Crippen LogP contribution in [0.15, 0.2) is 36.4 Å². The van der Waals surface area contributed by atoms with Gasteiger partial charge in [-0.3, -0.25) is 0 Å². The van der Waals surface area contributed by atoms with Crippen molar-refractivity contribution in [1.29, 1.82) is 0 Å². The molecule has 0 saturated carbocycles. The van der Waals surface area contributed by atoms with Crippen LogP contribution in [0.25, 0.3) is 10.1 Å². The number of halogens is 6. The maximum atomic E-state index is 13.6. The smallest absolute Gasteiger partial charge is 0.422 e. The van der Waals surface area contributed by atoms with E-state index in [1.54, 1.807) is 12.1 Å². The molecular weight excluding hydrogens is 599 g/mol. The molecule has 0 amide bonds. The average molecular weight is 632 g/mol. The van der Waals surface area contributed by atoms with Gasteiger partial charge in [0.25, 0.3) is 0 Å². The molecule has 1 fully saturated rings. The molecule has 4 rings (SSSR count). The monoisotopic (exact) mass is 631 g/mol. The summed E-state index contributed by atoms with van der Waals surface area (Å²) in [4.78, 5) is 2.52. The number of ether oxygens (including phenoxy) is 1. The number of benzene rings is 2. The van der Waals surface area contributed by atoms with E-state index in [0.29, 0.717) is 15.4 Å². The van der Waals surface area contributed by atoms with Gasteiger partial charge in [0.05, 0.1) is 33.9 Å². The van der Waals surface area contributed by atoms with Crippen molar-refractivity contribution in [3.05, 3.63) is 46.8 Å². The number of alkyl halides is 6. The zero-order valence-corrected chi connectivity index (χ0v) is 25.1. The normalized spacial score (nSPS) is 15.4. The molecule has 2 heterocycles. The Morgan fingerprint density at radius 3 is 2.40 bits per heavy atom. The third kappa shape index (κ3) is 8.82. The Hall–Kier alpha value is -2.87. The standard InChI is InChI=1S/C29H32F6N3O2PS/c1-38-14-11-19(12-15-38)37-24-7-4-6-21-22(17-28(30,31)32)26(42-27(21)24)8-5-13-36-23-10-9-20(41(2,3)39)16-25(23)40-18-29(33,34)35/h4,6-7,9-10,16,19,36-37H,11-15,17-18H2,1-3H3. The van der Waals surface area contributed by atoms with E-state index >= 15 is 0 Å². The van der Waals surface area contributed by atoms with Crippen molar-refractivity contribution in [2.75, 3.05) is 57.3 Å². The molecule has 0 radical (unpaired) electrons. The van der Waals surface area contributed by atoms with Crippen LogP contribution >= 0.6 is 18.5 Å². The first-order chi connectivity index (χ1) is 19.6. The number of rotatable bonds is 8. The van der Waals surface area contributed by atoms with E-state index in [-0.39, 0.29) is 34.5 Å². The van der Waals surface area contributed by atoms with Crippen LogP contribution in [-0.4, -0.2) is 69.9 Å². The number of hydrogen-bond acceptors (Lipinski definition) is 6. The highest BCUT2D eigenvalue weighted by molar-refractivity contribution is 7.70. The van der Waals surface area contributed by atoms with Gasteiger partial charge in [-0.1, -0.05) is 24.0 Å². The van der Waals surface area contributed by atoms with E-state index in [4.69, 9.17) is 4.74 Å². The third-order valence-electron chi connectivity index (χ3n) is 6.82. The van der Waals surface area contributed by atoms with Crippen molar-refractivity contribution in [3.8, 4) is 17.6 Å². The lowest BCUT2D eigenvalue weighted by atomic mass is 10.0. The molecule has 2 N–H and O–H groups in total. The van der Waals surface area contributed by atoms with Crippen molar-refractivity contribution in [2.24, 2.45) is 0 Å². The van der Waals surface area contributed by atoms with Gasteiger partial charge in [0.2, 0.25) is 0 Å². The van der Waals surface area contributed by atoms with Gasteiger partial charge < -0.3 is 24.8 Å². The molecule has 1 aliphatic rings. The van der Waals surface area contributed by atoms with E-state index < -0.39 is 32.5 Å². The summed E-state index contributed by atoms with van der Waals surface area (Å²) in [5, 5.41) is 7.23. The zero-order valence-electron chi connectivity index (χ0n) is 23.4. The first-order valence-corrected chi connectivity index (χ1v) is 16.7. The molecule has 0 bridgehead atoms. The fourth-order valence-corrected chi connectivity index (χ4v) is 6.70. The maximum absolute atomic E-state index is 13.6. The van der Waals surface area contributed by atoms with Gasteiger partial charge in [-0.25, -0.2) is 0 Å². The van der Waals surface area contributed by atoms with Gasteiger partial charge in [-0.15, -0.1) is 11.3 Å². The Balaban J connectivity index is 1.59. The number of hydrogen-bond donors (Lipinski definition) is 2. The van der Waals surface area contributed by atoms with Crippen LogP contribution in [0.4, 0.5) is 37.7 Å². The minimum absolute atomic E-state index is 0.0714. The molecule has 5 nitrogen and oxygen atoms in total. The van der Waals surface area contributed by atoms with Crippen LogP contribution < -0.4 is 20.7 Å². The number of fused-ring (bicyclic) bond motifs is 1. The first kappa shape index (κ1) is 32.1. The van der Waals surface area contributed by atoms with Crippen LogP contribution in [0.5, 0.6) is 5.75 Å². The minimum atomic E-state index is -4.58. The molecular formula is C29H32F6N3O2PS. The van der Waals surface area contributed by atoms with Crippen molar-refractivity contribution in [2.45, 2.75) is 37.7 Å². The SMILES string of the molecule is CN1CCC(Nc2cccc3c(CC(F)(F)F)c(C#CCNc4ccc(P(C)(C)=O)cc4OCC(F)(F)F)sc23)CC1. The zero-order chi connectivity index (χ0) is 30.7. The quantitative estimate of drug-likeness (QED) is 0.157. The molecule has 1 saturated heterocycles. The Morgan fingerprint density at radius 1 is 1.05 bits per heavy atom. The van der Waals surface area contributed by atoms with Crippen LogP contribution in [-0.2, 0) is 11.0 Å². The van der Waals surface area contributed by atoms with Crippen molar-refractivity contribution in [3.63, 3.8) is 0 Å². The van der Waals surface area contributed by atoms with Gasteiger partial charge in [0.15, 0.2) is 6.61 Å². The highest BCUT2D eigenvalue weighted by atomic mass is 32.1. The second-order valence-electron chi connectivity index (χ2n) is 10.7. The Bertz CT molecular complexity index is 1510. The van der Waals surface area contributed by atoms with Crippen molar-refractivity contribution < 1.29 is 35.6 Å². The van der Waals surface area contributed by atoms with E-state index in [9.17, 15) is 30.9 Å². The lowest BCUT2D eigenvalue weighted by Gasteiger charge is -2.30. The van der Waals surface area contributed by atoms with Crippen LogP contribution in [0.2, 0.25) is 0 Å². The largest absolute Gasteiger partial charge is 0.482 e. The highest BCUT2D eigenvalue weighted by Gasteiger charge is 2.32. The Labute approximate surface area is 245 Å². The molecule has 0 spiro atoms. The molecule has 13 heteroatoms. The number of likely N-dealkylation sites (tertiary alicyclic amines) is 1. The number of nitrogens with one attached hydrogen (secondary N) is 2. The summed E-state index contributed by atoms with van der Waals surface area (Å²) in [6, 6.07) is 9.78. The molecule has 1 aromatic heterocycles. The summed E-state index contributed by atoms with van der Waals surface area (Å²) in [5.41, 5.74) is 1.07. The molecule has 0 atom stereocenters. The molecule has 3 aromatic rings. The van der Waals surface area contributed by atoms with Gasteiger partial charge in [0.1, 0.15) is 12.9 Å². The fourth-order valence-electron chi connectivity index (χ4n) is 4.67. The van der Waals surface area contributed by atoms with Gasteiger partial charge in [-0.2, -0.15) is 26.3 Å². The highest BCUT2D eigenvalue weighted by Crippen LogP contribution is 2.40. The van der Waals surface area contributed by atoms with E-state index in [2.05, 4.69) is 34.4 Å². The summed E-state index contributed by atoms with van der Waals surface area (Å²) < 4.78 is 97.3. The minimum Gasteiger partial charge on any atom is -0.482 e. The molecule has 2 aromatic carbocycles. The third-order valence-corrected chi connectivity index (χ3v) is 9.54. The predicted octanol–water partition coefficient (Wildman–Crippen LogP) is 7.16. The second kappa shape index (κ2) is 12.8. The van der Waals surface area contributed by atoms with Gasteiger partial charge in [-0.05, 0) is 81.5 Å². The van der Waals surface area contributed by atoms with Gasteiger partial charge >= 0.3 is 12.4 Å². The Kier molecular flexibility index (Phi) is 9.75. The topological polar surface area (TPSA) is 53.6 Å². The van der Waals surface area contributed by atoms with E-state index in [1.807, 2.05) is 6.07 Å². The van der Waals surface area contributed by atoms with E-state index in [0.717, 1.165) is 31.6 Å². The number of thiophene rings is 1. The predicted molar refractivity (Wildman–Crippen MR) is 158 cm³/mol. The van der Waals surface area contributed by atoms with Crippen molar-refractivity contribution >= 4 is 45.2 Å². The molecule has 228 valence electrons. The number of nitrogens with zero attached hydrogens (tertiary/aromatic N) is 1. The van der Waals surface area contributed by atoms with Crippen LogP contribution in [0.3, 0.4) is 0 Å². The van der Waals surface area contributed by atoms with Crippen LogP contribution in [0, 0.1) is 11.8 Å². The second-order valence-corrected chi connectivity index (χ2v) is 14.9. The first-order valence-electron chi connectivity index (χ1n) is 13.3. The lowest BCUT2D eigenvalue weighted by Crippen LogP contribution is -2.36. The van der Waals surface area contributed by atoms with E-state index in [1.165, 1.54) is 42.9 Å². The number of piperidine rings is 1. The van der Waals surface area contributed by atoms with Crippen LogP contribution in [0.1, 0.15) is 23.3 Å². The summed E-state index contributed by atoms with van der Waals surface area (Å²) in [6.45, 7) is 3.24. The molecule has 42 heavy (non-hydrogen) atoms. The molecule has 0 unspecified atom stereocenters. The summed E-state index contributed by atoms with van der Waals surface area (Å²) in [6.07, 6.45) is -8.30. The summed E-state index contributed by atoms with van der Waals surface area (Å²) in [7, 11) is -0.717. The van der Waals surface area contributed by atoms with Gasteiger partial charge in [0, 0.05) is 11.3 Å². The summed E-state index contributed by atoms with van der Waals surface area (Å²) in [5.74, 6) is 5.52. The number of anilines is 2. The van der Waals surface area contributed by atoms with Crippen molar-refractivity contribution in [1.82, 2.24) is 4.90 Å². The molecule has 1 aliphatic heterocycles.